The Kier molecular flexibility index (Phi) is 4.14. The number of amides is 1. The van der Waals surface area contributed by atoms with Gasteiger partial charge in [0.25, 0.3) is 0 Å². The number of rotatable bonds is 3. The molecule has 0 aliphatic heterocycles. The molecule has 0 aromatic heterocycles. The molecule has 3 nitrogen and oxygen atoms in total. The Morgan fingerprint density at radius 3 is 2.60 bits per heavy atom. The van der Waals surface area contributed by atoms with E-state index in [2.05, 4.69) is 5.32 Å². The van der Waals surface area contributed by atoms with Crippen LogP contribution in [-0.2, 0) is 4.79 Å². The second-order valence-electron chi connectivity index (χ2n) is 3.23. The maximum Gasteiger partial charge on any atom is 0.228 e. The lowest BCUT2D eigenvalue weighted by Gasteiger charge is -2.08. The first kappa shape index (κ1) is 11.5. The third-order valence-corrected chi connectivity index (χ3v) is 2.42. The smallest absolute Gasteiger partial charge is 0.228 e. The van der Waals surface area contributed by atoms with Crippen molar-refractivity contribution < 1.29 is 4.79 Å². The summed E-state index contributed by atoms with van der Waals surface area (Å²) in [4.78, 5) is 11.4. The number of carbonyl (C=O) groups excluding carboxylic acids is 1. The number of nitrogens with zero attached hydrogens (tertiary/aromatic N) is 1. The number of anilines is 1. The van der Waals surface area contributed by atoms with Crippen LogP contribution in [-0.4, -0.2) is 11.8 Å². The fraction of sp³-hybridized carbons (Fsp3) is 0.273. The van der Waals surface area contributed by atoms with Crippen molar-refractivity contribution in [3.63, 3.8) is 0 Å². The first-order valence-electron chi connectivity index (χ1n) is 4.54. The number of hydrogen-bond donors (Lipinski definition) is 1. The topological polar surface area (TPSA) is 52.9 Å². The van der Waals surface area contributed by atoms with Crippen molar-refractivity contribution in [3.8, 4) is 6.07 Å². The average molecular weight is 223 g/mol. The number of alkyl halides is 1. The van der Waals surface area contributed by atoms with Gasteiger partial charge in [0.1, 0.15) is 0 Å². The highest BCUT2D eigenvalue weighted by molar-refractivity contribution is 6.19. The van der Waals surface area contributed by atoms with Gasteiger partial charge in [0, 0.05) is 17.5 Å². The summed E-state index contributed by atoms with van der Waals surface area (Å²) in [6.45, 7) is 1.76. The van der Waals surface area contributed by atoms with Crippen molar-refractivity contribution in [2.45, 2.75) is 6.92 Å². The number of carbonyl (C=O) groups is 1. The summed E-state index contributed by atoms with van der Waals surface area (Å²) in [6, 6.07) is 8.70. The number of halogens is 1. The van der Waals surface area contributed by atoms with Gasteiger partial charge in [0.05, 0.1) is 11.6 Å². The molecular formula is C11H11ClN2O. The van der Waals surface area contributed by atoms with E-state index in [1.165, 1.54) is 0 Å². The van der Waals surface area contributed by atoms with Crippen LogP contribution in [0.15, 0.2) is 24.3 Å². The van der Waals surface area contributed by atoms with Crippen molar-refractivity contribution in [2.75, 3.05) is 11.2 Å². The first-order valence-corrected chi connectivity index (χ1v) is 5.08. The van der Waals surface area contributed by atoms with Gasteiger partial charge < -0.3 is 5.32 Å². The Balaban J connectivity index is 2.66. The number of nitrogens with one attached hydrogen (secondary N) is 1. The van der Waals surface area contributed by atoms with Gasteiger partial charge in [-0.15, -0.1) is 11.6 Å². The Hall–Kier alpha value is -1.53. The standard InChI is InChI=1S/C11H11ClN2O/c1-8(6-12)11(15)14-10-4-2-9(7-13)3-5-10/h2-5,8H,6H2,1H3,(H,14,15). The van der Waals surface area contributed by atoms with Gasteiger partial charge in [-0.3, -0.25) is 4.79 Å². The largest absolute Gasteiger partial charge is 0.326 e. The average Bonchev–Trinajstić information content (AvgIpc) is 2.29. The first-order chi connectivity index (χ1) is 7.17. The van der Waals surface area contributed by atoms with Gasteiger partial charge in [-0.1, -0.05) is 6.92 Å². The minimum absolute atomic E-state index is 0.116. The molecule has 0 saturated carbocycles. The number of benzene rings is 1. The van der Waals surface area contributed by atoms with Crippen molar-refractivity contribution in [1.29, 1.82) is 5.26 Å². The van der Waals surface area contributed by atoms with E-state index in [4.69, 9.17) is 16.9 Å². The van der Waals surface area contributed by atoms with Crippen LogP contribution < -0.4 is 5.32 Å². The Morgan fingerprint density at radius 2 is 2.13 bits per heavy atom. The molecule has 0 bridgehead atoms. The van der Waals surface area contributed by atoms with Gasteiger partial charge in [0.15, 0.2) is 0 Å². The van der Waals surface area contributed by atoms with E-state index in [0.717, 1.165) is 0 Å². The highest BCUT2D eigenvalue weighted by Crippen LogP contribution is 2.10. The molecule has 0 spiro atoms. The lowest BCUT2D eigenvalue weighted by molar-refractivity contribution is -0.118. The van der Waals surface area contributed by atoms with E-state index in [9.17, 15) is 4.79 Å². The Labute approximate surface area is 93.7 Å². The van der Waals surface area contributed by atoms with Gasteiger partial charge >= 0.3 is 0 Å². The molecule has 1 rings (SSSR count). The summed E-state index contributed by atoms with van der Waals surface area (Å²) in [6.07, 6.45) is 0. The van der Waals surface area contributed by atoms with E-state index in [0.29, 0.717) is 17.1 Å². The van der Waals surface area contributed by atoms with E-state index < -0.39 is 0 Å². The summed E-state index contributed by atoms with van der Waals surface area (Å²) in [5.41, 5.74) is 1.24. The predicted octanol–water partition coefficient (Wildman–Crippen LogP) is 2.37. The van der Waals surface area contributed by atoms with Crippen LogP contribution in [0, 0.1) is 17.2 Å². The van der Waals surface area contributed by atoms with Gasteiger partial charge in [0.2, 0.25) is 5.91 Å². The van der Waals surface area contributed by atoms with Crippen LogP contribution in [0.2, 0.25) is 0 Å². The van der Waals surface area contributed by atoms with Crippen LogP contribution in [0.4, 0.5) is 5.69 Å². The Morgan fingerprint density at radius 1 is 1.53 bits per heavy atom. The van der Waals surface area contributed by atoms with Crippen molar-refractivity contribution in [3.05, 3.63) is 29.8 Å². The molecule has 0 aliphatic rings. The maximum absolute atomic E-state index is 11.4. The monoisotopic (exact) mass is 222 g/mol. The van der Waals surface area contributed by atoms with Crippen LogP contribution in [0.3, 0.4) is 0 Å². The van der Waals surface area contributed by atoms with Gasteiger partial charge in [-0.2, -0.15) is 5.26 Å². The quantitative estimate of drug-likeness (QED) is 0.799. The molecule has 1 atom stereocenters. The lowest BCUT2D eigenvalue weighted by atomic mass is 10.2. The summed E-state index contributed by atoms with van der Waals surface area (Å²) < 4.78 is 0. The van der Waals surface area contributed by atoms with Crippen LogP contribution in [0.5, 0.6) is 0 Å². The highest BCUT2D eigenvalue weighted by atomic mass is 35.5. The molecule has 1 aromatic rings. The summed E-state index contributed by atoms with van der Waals surface area (Å²) in [5, 5.41) is 11.3. The van der Waals surface area contributed by atoms with Crippen LogP contribution >= 0.6 is 11.6 Å². The third kappa shape index (κ3) is 3.26. The van der Waals surface area contributed by atoms with Gasteiger partial charge in [-0.25, -0.2) is 0 Å². The summed E-state index contributed by atoms with van der Waals surface area (Å²) in [7, 11) is 0. The second-order valence-corrected chi connectivity index (χ2v) is 3.54. The molecule has 0 heterocycles. The minimum atomic E-state index is -0.220. The number of nitriles is 1. The fourth-order valence-corrected chi connectivity index (χ4v) is 1.10. The third-order valence-electron chi connectivity index (χ3n) is 1.96. The van der Waals surface area contributed by atoms with Crippen molar-refractivity contribution >= 4 is 23.2 Å². The van der Waals surface area contributed by atoms with Crippen LogP contribution in [0.25, 0.3) is 0 Å². The molecule has 0 aliphatic carbocycles. The molecule has 1 amide bonds. The Bertz CT molecular complexity index is 381. The molecule has 0 saturated heterocycles. The van der Waals surface area contributed by atoms with E-state index in [1.54, 1.807) is 31.2 Å². The summed E-state index contributed by atoms with van der Waals surface area (Å²) >= 11 is 5.56. The molecular weight excluding hydrogens is 212 g/mol. The fourth-order valence-electron chi connectivity index (χ4n) is 0.964. The molecule has 0 fully saturated rings. The normalized spacial score (nSPS) is 11.5. The van der Waals surface area contributed by atoms with Gasteiger partial charge in [-0.05, 0) is 24.3 Å². The number of hydrogen-bond acceptors (Lipinski definition) is 2. The van der Waals surface area contributed by atoms with Crippen molar-refractivity contribution in [2.24, 2.45) is 5.92 Å². The lowest BCUT2D eigenvalue weighted by Crippen LogP contribution is -2.21. The molecule has 78 valence electrons. The summed E-state index contributed by atoms with van der Waals surface area (Å²) in [5.74, 6) is -0.0423. The zero-order valence-electron chi connectivity index (χ0n) is 8.33. The molecule has 15 heavy (non-hydrogen) atoms. The molecule has 0 radical (unpaired) electrons. The molecule has 1 N–H and O–H groups in total. The maximum atomic E-state index is 11.4. The highest BCUT2D eigenvalue weighted by Gasteiger charge is 2.10. The minimum Gasteiger partial charge on any atom is -0.326 e. The van der Waals surface area contributed by atoms with E-state index in [-0.39, 0.29) is 11.8 Å². The molecule has 1 aromatic carbocycles. The molecule has 1 unspecified atom stereocenters. The predicted molar refractivity (Wildman–Crippen MR) is 59.7 cm³/mol. The van der Waals surface area contributed by atoms with Crippen LogP contribution in [0.1, 0.15) is 12.5 Å². The van der Waals surface area contributed by atoms with Crippen molar-refractivity contribution in [1.82, 2.24) is 0 Å². The van der Waals surface area contributed by atoms with E-state index in [1.807, 2.05) is 6.07 Å². The molecule has 4 heteroatoms. The zero-order valence-corrected chi connectivity index (χ0v) is 9.08. The second kappa shape index (κ2) is 5.38. The SMILES string of the molecule is CC(CCl)C(=O)Nc1ccc(C#N)cc1. The zero-order chi connectivity index (χ0) is 11.3. The van der Waals surface area contributed by atoms with E-state index >= 15 is 0 Å².